The number of halogens is 6. The molecule has 0 spiro atoms. The first-order valence-corrected chi connectivity index (χ1v) is 18.1. The number of hydrogen-bond acceptors (Lipinski definition) is 8. The predicted molar refractivity (Wildman–Crippen MR) is 175 cm³/mol. The number of hydroxylamine groups is 1. The molecule has 1 fully saturated rings. The molecule has 0 bridgehead atoms. The SMILES string of the molecule is O=C1C[C@H](c2ccc(C[C@@H](c3nc4ccc(C(F)(F)F)cc4[nH]3)N(OC(=O)C(F)(F)F)S(=O)(=O)c3ccc(-c4ccccc4)cc3)cc2)S(O)(O)N1. The van der Waals surface area contributed by atoms with Gasteiger partial charge in [-0.25, -0.2) is 18.2 Å². The molecule has 1 aromatic heterocycles. The molecule has 0 unspecified atom stereocenters. The van der Waals surface area contributed by atoms with Crippen molar-refractivity contribution < 1.29 is 58.3 Å². The number of nitrogens with one attached hydrogen (secondary N) is 2. The zero-order valence-corrected chi connectivity index (χ0v) is 27.9. The molecule has 1 aliphatic heterocycles. The highest BCUT2D eigenvalue weighted by Crippen LogP contribution is 2.56. The van der Waals surface area contributed by atoms with Gasteiger partial charge in [-0.2, -0.15) is 26.3 Å². The van der Waals surface area contributed by atoms with Crippen molar-refractivity contribution in [3.8, 4) is 11.1 Å². The van der Waals surface area contributed by atoms with Crippen molar-refractivity contribution in [2.75, 3.05) is 0 Å². The van der Waals surface area contributed by atoms with Crippen LogP contribution in [0.2, 0.25) is 0 Å². The van der Waals surface area contributed by atoms with Gasteiger partial charge in [-0.3, -0.25) is 18.6 Å². The van der Waals surface area contributed by atoms with Gasteiger partial charge in [0.1, 0.15) is 17.1 Å². The Morgan fingerprint density at radius 2 is 1.56 bits per heavy atom. The van der Waals surface area contributed by atoms with E-state index in [1.54, 1.807) is 30.3 Å². The molecule has 4 N–H and O–H groups in total. The Hall–Kier alpha value is -4.95. The highest BCUT2D eigenvalue weighted by Gasteiger charge is 2.47. The number of imidazole rings is 1. The summed E-state index contributed by atoms with van der Waals surface area (Å²) in [7, 11) is -8.75. The third-order valence-corrected chi connectivity index (χ3v) is 11.5. The van der Waals surface area contributed by atoms with Crippen LogP contribution in [0.3, 0.4) is 0 Å². The molecule has 0 radical (unpaired) electrons. The second-order valence-corrected chi connectivity index (χ2v) is 15.4. The van der Waals surface area contributed by atoms with E-state index in [2.05, 4.69) is 19.5 Å². The molecule has 1 aliphatic rings. The summed E-state index contributed by atoms with van der Waals surface area (Å²) in [5.41, 5.74) is 0.241. The average molecular weight is 769 g/mol. The first-order valence-electron chi connectivity index (χ1n) is 15.1. The Kier molecular flexibility index (Phi) is 9.60. The van der Waals surface area contributed by atoms with Gasteiger partial charge in [0.15, 0.2) is 0 Å². The summed E-state index contributed by atoms with van der Waals surface area (Å²) < 4.78 is 132. The second kappa shape index (κ2) is 13.6. The standard InChI is InChI=1S/C33H26F6N4O7S2/c34-32(35,36)23-12-15-25-26(17-23)41-30(40-25)27(16-19-6-8-22(9-7-19)28-18-29(44)42-51(28,46)47)43(50-31(45)33(37,38)39)52(48,49)24-13-10-21(11-14-24)20-4-2-1-3-5-20/h1-15,17,27-28,46-47H,16,18H2,(H,40,41)(H,42,44)/t27-,28+/m0/s1. The predicted octanol–water partition coefficient (Wildman–Crippen LogP) is 7.47. The maximum atomic E-state index is 14.2. The maximum absolute atomic E-state index is 14.2. The lowest BCUT2D eigenvalue weighted by Crippen LogP contribution is -2.42. The maximum Gasteiger partial charge on any atom is 0.492 e. The minimum absolute atomic E-state index is 0.112. The molecule has 2 heterocycles. The van der Waals surface area contributed by atoms with Crippen LogP contribution in [-0.2, 0) is 37.0 Å². The van der Waals surface area contributed by atoms with Crippen LogP contribution in [0, 0.1) is 0 Å². The zero-order valence-electron chi connectivity index (χ0n) is 26.2. The van der Waals surface area contributed by atoms with Gasteiger partial charge < -0.3 is 9.82 Å². The monoisotopic (exact) mass is 768 g/mol. The summed E-state index contributed by atoms with van der Waals surface area (Å²) in [5.74, 6) is -3.99. The molecule has 11 nitrogen and oxygen atoms in total. The summed E-state index contributed by atoms with van der Waals surface area (Å²) in [6.45, 7) is 0. The van der Waals surface area contributed by atoms with Crippen molar-refractivity contribution in [1.29, 1.82) is 0 Å². The number of H-pyrrole nitrogens is 1. The van der Waals surface area contributed by atoms with Crippen LogP contribution in [0.1, 0.15) is 40.2 Å². The van der Waals surface area contributed by atoms with Gasteiger partial charge in [-0.05, 0) is 63.5 Å². The smallest absolute Gasteiger partial charge is 0.344 e. The number of sulfonamides is 1. The molecule has 19 heteroatoms. The van der Waals surface area contributed by atoms with Crippen LogP contribution in [0.4, 0.5) is 26.3 Å². The van der Waals surface area contributed by atoms with E-state index in [4.69, 9.17) is 0 Å². The van der Waals surface area contributed by atoms with Crippen molar-refractivity contribution in [1.82, 2.24) is 19.2 Å². The number of benzene rings is 4. The zero-order chi connectivity index (χ0) is 37.6. The molecular formula is C33H26F6N4O7S2. The molecular weight excluding hydrogens is 743 g/mol. The van der Waals surface area contributed by atoms with Gasteiger partial charge in [0.25, 0.3) is 10.0 Å². The number of fused-ring (bicyclic) bond motifs is 1. The van der Waals surface area contributed by atoms with Gasteiger partial charge in [0.2, 0.25) is 5.91 Å². The lowest BCUT2D eigenvalue weighted by Gasteiger charge is -2.33. The number of nitrogens with zero attached hydrogens (tertiary/aromatic N) is 2. The average Bonchev–Trinajstić information content (AvgIpc) is 3.64. The van der Waals surface area contributed by atoms with Gasteiger partial charge in [0, 0.05) is 0 Å². The molecule has 5 aromatic rings. The fraction of sp³-hybridized carbons (Fsp3) is 0.182. The summed E-state index contributed by atoms with van der Waals surface area (Å²) >= 11 is 0. The van der Waals surface area contributed by atoms with Gasteiger partial charge in [0.05, 0.1) is 27.9 Å². The molecule has 1 saturated heterocycles. The summed E-state index contributed by atoms with van der Waals surface area (Å²) in [5, 5.41) is -1.04. The molecule has 1 amide bonds. The normalized spacial score (nSPS) is 17.6. The first kappa shape index (κ1) is 36.8. The molecule has 0 saturated carbocycles. The molecule has 2 atom stereocenters. The van der Waals surface area contributed by atoms with E-state index in [0.717, 1.165) is 18.2 Å². The minimum atomic E-state index is -5.68. The number of carbonyl (C=O) groups excluding carboxylic acids is 2. The molecule has 6 rings (SSSR count). The fourth-order valence-corrected chi connectivity index (χ4v) is 8.41. The van der Waals surface area contributed by atoms with Crippen LogP contribution in [0.5, 0.6) is 0 Å². The lowest BCUT2D eigenvalue weighted by molar-refractivity contribution is -0.227. The van der Waals surface area contributed by atoms with Crippen molar-refractivity contribution >= 4 is 43.7 Å². The Labute approximate surface area is 292 Å². The van der Waals surface area contributed by atoms with Crippen LogP contribution in [0.25, 0.3) is 22.2 Å². The third kappa shape index (κ3) is 7.63. The van der Waals surface area contributed by atoms with Crippen LogP contribution < -0.4 is 4.72 Å². The summed E-state index contributed by atoms with van der Waals surface area (Å²) in [4.78, 5) is 34.9. The second-order valence-electron chi connectivity index (χ2n) is 11.7. The van der Waals surface area contributed by atoms with Gasteiger partial charge in [-0.1, -0.05) is 66.7 Å². The van der Waals surface area contributed by atoms with E-state index >= 15 is 0 Å². The third-order valence-electron chi connectivity index (χ3n) is 8.11. The Morgan fingerprint density at radius 1 is 0.923 bits per heavy atom. The number of aromatic amines is 1. The molecule has 4 aromatic carbocycles. The van der Waals surface area contributed by atoms with E-state index in [1.807, 2.05) is 0 Å². The van der Waals surface area contributed by atoms with E-state index < -0.39 is 79.0 Å². The number of hydrogen-bond donors (Lipinski definition) is 4. The van der Waals surface area contributed by atoms with Gasteiger partial charge in [-0.15, -0.1) is 10.8 Å². The van der Waals surface area contributed by atoms with Gasteiger partial charge >= 0.3 is 18.3 Å². The topological polar surface area (TPSA) is 162 Å². The lowest BCUT2D eigenvalue weighted by atomic mass is 10.0. The van der Waals surface area contributed by atoms with Crippen LogP contribution >= 0.6 is 10.8 Å². The van der Waals surface area contributed by atoms with Crippen LogP contribution in [-0.4, -0.2) is 50.0 Å². The quantitative estimate of drug-likeness (QED) is 0.0887. The molecule has 274 valence electrons. The molecule has 0 aliphatic carbocycles. The Morgan fingerprint density at radius 3 is 2.13 bits per heavy atom. The number of carbonyl (C=O) groups is 2. The summed E-state index contributed by atoms with van der Waals surface area (Å²) in [6, 6.07) is 19.5. The minimum Gasteiger partial charge on any atom is -0.344 e. The Balaban J connectivity index is 1.46. The fourth-order valence-electron chi connectivity index (χ4n) is 5.57. The number of rotatable bonds is 9. The van der Waals surface area contributed by atoms with Crippen LogP contribution in [0.15, 0.2) is 102 Å². The number of alkyl halides is 6. The first-order chi connectivity index (χ1) is 24.3. The van der Waals surface area contributed by atoms with Crippen molar-refractivity contribution in [3.05, 3.63) is 120 Å². The highest BCUT2D eigenvalue weighted by atomic mass is 32.3. The number of amides is 1. The number of aromatic nitrogens is 2. The van der Waals surface area contributed by atoms with Crippen molar-refractivity contribution in [2.45, 2.75) is 41.4 Å². The van der Waals surface area contributed by atoms with Crippen molar-refractivity contribution in [3.63, 3.8) is 0 Å². The summed E-state index contributed by atoms with van der Waals surface area (Å²) in [6.07, 6.45) is -11.3. The van der Waals surface area contributed by atoms with Crippen molar-refractivity contribution in [2.24, 2.45) is 0 Å². The van der Waals surface area contributed by atoms with E-state index in [-0.39, 0.29) is 33.0 Å². The van der Waals surface area contributed by atoms with E-state index in [9.17, 15) is 53.5 Å². The largest absolute Gasteiger partial charge is 0.492 e. The highest BCUT2D eigenvalue weighted by molar-refractivity contribution is 8.23. The van der Waals surface area contributed by atoms with E-state index in [1.165, 1.54) is 36.4 Å². The van der Waals surface area contributed by atoms with E-state index in [0.29, 0.717) is 23.3 Å². The Bertz CT molecular complexity index is 2230. The molecule has 52 heavy (non-hydrogen) atoms.